The molecule has 4 heteroatoms. The maximum Gasteiger partial charge on any atom is 0.314 e. The number of ether oxygens (including phenoxy) is 2. The fraction of sp³-hybridized carbons (Fsp3) is 0.422. The Hall–Kier alpha value is -4.18. The lowest BCUT2D eigenvalue weighted by molar-refractivity contribution is -0.166. The maximum absolute atomic E-state index is 13.3. The van der Waals surface area contributed by atoms with E-state index in [-0.39, 0.29) is 29.2 Å². The minimum atomic E-state index is -0.586. The number of carbonyl (C=O) groups excluding carboxylic acids is 2. The minimum absolute atomic E-state index is 0.125. The van der Waals surface area contributed by atoms with Crippen molar-refractivity contribution in [3.05, 3.63) is 137 Å². The molecule has 1 aliphatic rings. The van der Waals surface area contributed by atoms with Gasteiger partial charge in [0.05, 0.1) is 17.3 Å². The summed E-state index contributed by atoms with van der Waals surface area (Å²) in [7, 11) is 0. The topological polar surface area (TPSA) is 52.6 Å². The number of rotatable bonds is 13. The summed E-state index contributed by atoms with van der Waals surface area (Å²) in [4.78, 5) is 26.2. The molecule has 0 unspecified atom stereocenters. The average molecular weight is 659 g/mol. The molecule has 5 rings (SSSR count). The van der Waals surface area contributed by atoms with Crippen molar-refractivity contribution in [2.75, 3.05) is 0 Å². The molecule has 0 N–H and O–H groups in total. The molecule has 0 aliphatic heterocycles. The van der Waals surface area contributed by atoms with Gasteiger partial charge in [0.1, 0.15) is 11.4 Å². The van der Waals surface area contributed by atoms with Crippen molar-refractivity contribution in [1.82, 2.24) is 0 Å². The van der Waals surface area contributed by atoms with E-state index in [2.05, 4.69) is 118 Å². The SMILES string of the molecule is CCC(C)(CC)OC(=O)C1CCC(C(=O)Oc2ccc(C(c3ccccc3)(c3ccccc3)c3ccc(C(C)(CC)CC)cc3)cc2)CC1. The predicted octanol–water partition coefficient (Wildman–Crippen LogP) is 11.0. The zero-order chi connectivity index (χ0) is 35.1. The summed E-state index contributed by atoms with van der Waals surface area (Å²) in [5, 5.41) is 0. The highest BCUT2D eigenvalue weighted by molar-refractivity contribution is 5.77. The zero-order valence-electron chi connectivity index (χ0n) is 30.3. The molecule has 0 atom stereocenters. The van der Waals surface area contributed by atoms with Crippen molar-refractivity contribution in [3.8, 4) is 5.75 Å². The highest BCUT2D eigenvalue weighted by Crippen LogP contribution is 2.46. The van der Waals surface area contributed by atoms with Gasteiger partial charge in [-0.1, -0.05) is 132 Å². The summed E-state index contributed by atoms with van der Waals surface area (Å²) in [6.07, 6.45) is 6.28. The number of esters is 2. The first-order chi connectivity index (χ1) is 23.6. The first-order valence-corrected chi connectivity index (χ1v) is 18.4. The molecule has 0 amide bonds. The lowest BCUT2D eigenvalue weighted by atomic mass is 9.64. The zero-order valence-corrected chi connectivity index (χ0v) is 30.3. The van der Waals surface area contributed by atoms with E-state index >= 15 is 0 Å². The second-order valence-electron chi connectivity index (χ2n) is 14.4. The van der Waals surface area contributed by atoms with Gasteiger partial charge < -0.3 is 9.47 Å². The third kappa shape index (κ3) is 7.54. The van der Waals surface area contributed by atoms with Crippen LogP contribution >= 0.6 is 0 Å². The highest BCUT2D eigenvalue weighted by Gasteiger charge is 2.39. The van der Waals surface area contributed by atoms with Gasteiger partial charge in [-0.2, -0.15) is 0 Å². The van der Waals surface area contributed by atoms with Crippen LogP contribution in [0, 0.1) is 11.8 Å². The van der Waals surface area contributed by atoms with Crippen molar-refractivity contribution < 1.29 is 19.1 Å². The van der Waals surface area contributed by atoms with E-state index in [1.807, 2.05) is 32.9 Å². The predicted molar refractivity (Wildman–Crippen MR) is 199 cm³/mol. The molecule has 258 valence electrons. The second kappa shape index (κ2) is 15.6. The van der Waals surface area contributed by atoms with E-state index in [4.69, 9.17) is 9.47 Å². The molecule has 1 saturated carbocycles. The van der Waals surface area contributed by atoms with Crippen molar-refractivity contribution in [1.29, 1.82) is 0 Å². The van der Waals surface area contributed by atoms with Crippen molar-refractivity contribution in [2.45, 2.75) is 109 Å². The fourth-order valence-corrected chi connectivity index (χ4v) is 7.41. The summed E-state index contributed by atoms with van der Waals surface area (Å²) >= 11 is 0. The van der Waals surface area contributed by atoms with Crippen molar-refractivity contribution >= 4 is 11.9 Å². The molecule has 1 aliphatic carbocycles. The normalized spacial score (nSPS) is 16.9. The van der Waals surface area contributed by atoms with E-state index in [0.29, 0.717) is 31.4 Å². The van der Waals surface area contributed by atoms with Gasteiger partial charge in [0.25, 0.3) is 0 Å². The summed E-state index contributed by atoms with van der Waals surface area (Å²) < 4.78 is 11.8. The summed E-state index contributed by atoms with van der Waals surface area (Å²) in [6.45, 7) is 13.0. The Bertz CT molecular complexity index is 1600. The highest BCUT2D eigenvalue weighted by atomic mass is 16.6. The molecule has 4 aromatic carbocycles. The standard InChI is InChI=1S/C45H54O4/c1-7-43(5,8-2)35-25-27-38(28-26-35)45(36-17-13-11-14-18-36,37-19-15-12-16-20-37)39-29-31-40(32-30-39)48-41(46)33-21-23-34(24-22-33)42(47)49-44(6,9-3)10-4/h11-20,25-34H,7-10,21-24H2,1-6H3. The first-order valence-electron chi connectivity index (χ1n) is 18.4. The van der Waals surface area contributed by atoms with Gasteiger partial charge in [-0.25, -0.2) is 0 Å². The number of carbonyl (C=O) groups is 2. The first kappa shape index (κ1) is 36.1. The minimum Gasteiger partial charge on any atom is -0.459 e. The molecule has 0 aromatic heterocycles. The van der Waals surface area contributed by atoms with Crippen LogP contribution in [0.2, 0.25) is 0 Å². The Kier molecular flexibility index (Phi) is 11.5. The molecular formula is C45H54O4. The third-order valence-corrected chi connectivity index (χ3v) is 11.7. The Morgan fingerprint density at radius 1 is 0.531 bits per heavy atom. The van der Waals surface area contributed by atoms with E-state index in [0.717, 1.165) is 31.2 Å². The third-order valence-electron chi connectivity index (χ3n) is 11.7. The van der Waals surface area contributed by atoms with Crippen LogP contribution in [0.1, 0.15) is 121 Å². The van der Waals surface area contributed by atoms with E-state index in [1.165, 1.54) is 22.3 Å². The number of benzene rings is 4. The second-order valence-corrected chi connectivity index (χ2v) is 14.4. The van der Waals surface area contributed by atoms with Crippen LogP contribution in [-0.2, 0) is 25.2 Å². The summed E-state index contributed by atoms with van der Waals surface area (Å²) in [6, 6.07) is 38.6. The Morgan fingerprint density at radius 2 is 0.918 bits per heavy atom. The number of hydrogen-bond donors (Lipinski definition) is 0. The largest absolute Gasteiger partial charge is 0.459 e. The van der Waals surface area contributed by atoms with Crippen LogP contribution in [0.25, 0.3) is 0 Å². The van der Waals surface area contributed by atoms with E-state index < -0.39 is 11.0 Å². The van der Waals surface area contributed by atoms with Crippen molar-refractivity contribution in [2.24, 2.45) is 11.8 Å². The molecule has 1 fully saturated rings. The Balaban J connectivity index is 1.41. The monoisotopic (exact) mass is 658 g/mol. The summed E-state index contributed by atoms with van der Waals surface area (Å²) in [5.74, 6) is -0.209. The van der Waals surface area contributed by atoms with E-state index in [9.17, 15) is 9.59 Å². The van der Waals surface area contributed by atoms with Crippen LogP contribution in [0.15, 0.2) is 109 Å². The molecule has 0 bridgehead atoms. The van der Waals surface area contributed by atoms with Gasteiger partial charge in [-0.05, 0) is 104 Å². The van der Waals surface area contributed by atoms with Crippen LogP contribution in [-0.4, -0.2) is 17.5 Å². The Labute approximate surface area is 294 Å². The molecule has 0 heterocycles. The molecule has 4 nitrogen and oxygen atoms in total. The molecule has 49 heavy (non-hydrogen) atoms. The van der Waals surface area contributed by atoms with Crippen molar-refractivity contribution in [3.63, 3.8) is 0 Å². The van der Waals surface area contributed by atoms with Gasteiger partial charge in [-0.15, -0.1) is 0 Å². The molecule has 0 saturated heterocycles. The number of hydrogen-bond acceptors (Lipinski definition) is 4. The van der Waals surface area contributed by atoms with Crippen LogP contribution < -0.4 is 4.74 Å². The van der Waals surface area contributed by atoms with Gasteiger partial charge in [0.2, 0.25) is 0 Å². The van der Waals surface area contributed by atoms with Gasteiger partial charge >= 0.3 is 11.9 Å². The van der Waals surface area contributed by atoms with E-state index in [1.54, 1.807) is 0 Å². The molecule has 0 spiro atoms. The van der Waals surface area contributed by atoms with Gasteiger partial charge in [0, 0.05) is 0 Å². The summed E-state index contributed by atoms with van der Waals surface area (Å²) in [5.41, 5.74) is 5.08. The van der Waals surface area contributed by atoms with Crippen LogP contribution in [0.3, 0.4) is 0 Å². The lowest BCUT2D eigenvalue weighted by Gasteiger charge is -2.37. The van der Waals surface area contributed by atoms with Gasteiger partial charge in [0.15, 0.2) is 0 Å². The average Bonchev–Trinajstić information content (AvgIpc) is 3.16. The quantitative estimate of drug-likeness (QED) is 0.0815. The van der Waals surface area contributed by atoms with Crippen LogP contribution in [0.5, 0.6) is 5.75 Å². The maximum atomic E-state index is 13.3. The lowest BCUT2D eigenvalue weighted by Crippen LogP contribution is -2.35. The Morgan fingerprint density at radius 3 is 1.35 bits per heavy atom. The molecule has 0 radical (unpaired) electrons. The molecular weight excluding hydrogens is 604 g/mol. The molecule has 4 aromatic rings. The fourth-order valence-electron chi connectivity index (χ4n) is 7.41. The smallest absolute Gasteiger partial charge is 0.314 e. The van der Waals surface area contributed by atoms with Gasteiger partial charge in [-0.3, -0.25) is 9.59 Å². The van der Waals surface area contributed by atoms with Crippen LogP contribution in [0.4, 0.5) is 0 Å².